The summed E-state index contributed by atoms with van der Waals surface area (Å²) in [6.07, 6.45) is 0.828. The molecule has 0 bridgehead atoms. The van der Waals surface area contributed by atoms with Gasteiger partial charge in [0.1, 0.15) is 11.6 Å². The minimum atomic E-state index is -0.721. The summed E-state index contributed by atoms with van der Waals surface area (Å²) in [5.74, 6) is 1.76. The first kappa shape index (κ1) is 13.9. The fourth-order valence-electron chi connectivity index (χ4n) is 1.75. The van der Waals surface area contributed by atoms with Gasteiger partial charge in [0.15, 0.2) is 0 Å². The molecular formula is C13H23N3O. The molecule has 96 valence electrons. The van der Waals surface area contributed by atoms with Crippen LogP contribution in [0.2, 0.25) is 0 Å². The number of rotatable bonds is 5. The predicted octanol–water partition coefficient (Wildman–Crippen LogP) is 1.94. The Morgan fingerprint density at radius 2 is 1.94 bits per heavy atom. The molecule has 1 heterocycles. The average Bonchev–Trinajstić information content (AvgIpc) is 2.23. The molecule has 0 aliphatic rings. The minimum Gasteiger partial charge on any atom is -0.389 e. The Kier molecular flexibility index (Phi) is 4.46. The second-order valence-corrected chi connectivity index (χ2v) is 4.96. The van der Waals surface area contributed by atoms with Crippen molar-refractivity contribution in [1.29, 1.82) is 0 Å². The number of aliphatic hydroxyl groups is 1. The molecule has 4 nitrogen and oxygen atoms in total. The topological polar surface area (TPSA) is 49.2 Å². The maximum atomic E-state index is 9.89. The molecule has 17 heavy (non-hydrogen) atoms. The van der Waals surface area contributed by atoms with Crippen LogP contribution in [0.15, 0.2) is 6.07 Å². The van der Waals surface area contributed by atoms with Crippen molar-refractivity contribution in [1.82, 2.24) is 9.97 Å². The number of nitrogens with zero attached hydrogens (tertiary/aromatic N) is 3. The van der Waals surface area contributed by atoms with Gasteiger partial charge in [-0.3, -0.25) is 0 Å². The fourth-order valence-corrected chi connectivity index (χ4v) is 1.75. The molecule has 1 rings (SSSR count). The second-order valence-electron chi connectivity index (χ2n) is 4.96. The summed E-state index contributed by atoms with van der Waals surface area (Å²) in [7, 11) is 0. The van der Waals surface area contributed by atoms with Crippen molar-refractivity contribution >= 4 is 5.82 Å². The molecule has 0 atom stereocenters. The molecule has 1 aromatic rings. The lowest BCUT2D eigenvalue weighted by Crippen LogP contribution is -2.39. The summed E-state index contributed by atoms with van der Waals surface area (Å²) < 4.78 is 0. The second kappa shape index (κ2) is 5.45. The molecule has 0 saturated carbocycles. The molecular weight excluding hydrogens is 214 g/mol. The number of hydrogen-bond donors (Lipinski definition) is 1. The van der Waals surface area contributed by atoms with Crippen LogP contribution in [0.3, 0.4) is 0 Å². The van der Waals surface area contributed by atoms with E-state index in [1.54, 1.807) is 0 Å². The standard InChI is InChI=1S/C13H23N3O/c1-6-11-14-10(3)8-12(15-11)16(7-2)9-13(4,5)17/h8,17H,6-7,9H2,1-5H3. The Morgan fingerprint density at radius 3 is 2.41 bits per heavy atom. The van der Waals surface area contributed by atoms with Crippen molar-refractivity contribution in [3.8, 4) is 0 Å². The van der Waals surface area contributed by atoms with Crippen molar-refractivity contribution in [3.05, 3.63) is 17.6 Å². The van der Waals surface area contributed by atoms with Crippen molar-refractivity contribution in [2.75, 3.05) is 18.0 Å². The lowest BCUT2D eigenvalue weighted by molar-refractivity contribution is 0.0874. The zero-order chi connectivity index (χ0) is 13.1. The molecule has 4 heteroatoms. The van der Waals surface area contributed by atoms with Gasteiger partial charge in [-0.2, -0.15) is 0 Å². The molecule has 1 aromatic heterocycles. The summed E-state index contributed by atoms with van der Waals surface area (Å²) in [5, 5.41) is 9.89. The van der Waals surface area contributed by atoms with Gasteiger partial charge >= 0.3 is 0 Å². The van der Waals surface area contributed by atoms with E-state index in [1.807, 2.05) is 33.8 Å². The Hall–Kier alpha value is -1.16. The van der Waals surface area contributed by atoms with Crippen LogP contribution in [-0.2, 0) is 6.42 Å². The van der Waals surface area contributed by atoms with E-state index >= 15 is 0 Å². The highest BCUT2D eigenvalue weighted by molar-refractivity contribution is 5.40. The molecule has 0 aliphatic heterocycles. The maximum absolute atomic E-state index is 9.89. The molecule has 1 N–H and O–H groups in total. The van der Waals surface area contributed by atoms with Gasteiger partial charge in [0.05, 0.1) is 5.60 Å². The molecule has 0 saturated heterocycles. The van der Waals surface area contributed by atoms with E-state index in [9.17, 15) is 5.11 Å². The van der Waals surface area contributed by atoms with E-state index in [0.717, 1.165) is 30.3 Å². The summed E-state index contributed by atoms with van der Waals surface area (Å²) in [6.45, 7) is 11.1. The third-order valence-electron chi connectivity index (χ3n) is 2.49. The average molecular weight is 237 g/mol. The number of aromatic nitrogens is 2. The third kappa shape index (κ3) is 4.30. The van der Waals surface area contributed by atoms with Crippen molar-refractivity contribution in [3.63, 3.8) is 0 Å². The van der Waals surface area contributed by atoms with E-state index in [1.165, 1.54) is 0 Å². The van der Waals surface area contributed by atoms with Crippen LogP contribution in [0.25, 0.3) is 0 Å². The Bertz CT molecular complexity index is 371. The molecule has 0 radical (unpaired) electrons. The van der Waals surface area contributed by atoms with Crippen LogP contribution in [-0.4, -0.2) is 33.8 Å². The van der Waals surface area contributed by atoms with Crippen molar-refractivity contribution in [2.45, 2.75) is 46.6 Å². The highest BCUT2D eigenvalue weighted by Crippen LogP contribution is 2.16. The Balaban J connectivity index is 2.99. The summed E-state index contributed by atoms with van der Waals surface area (Å²) >= 11 is 0. The maximum Gasteiger partial charge on any atom is 0.132 e. The summed E-state index contributed by atoms with van der Waals surface area (Å²) in [4.78, 5) is 11.0. The number of anilines is 1. The van der Waals surface area contributed by atoms with Crippen LogP contribution >= 0.6 is 0 Å². The summed E-state index contributed by atoms with van der Waals surface area (Å²) in [5.41, 5.74) is 0.252. The van der Waals surface area contributed by atoms with Crippen LogP contribution in [0.1, 0.15) is 39.2 Å². The SMILES string of the molecule is CCc1nc(C)cc(N(CC)CC(C)(C)O)n1. The van der Waals surface area contributed by atoms with Gasteiger partial charge in [-0.15, -0.1) is 0 Å². The highest BCUT2D eigenvalue weighted by atomic mass is 16.3. The van der Waals surface area contributed by atoms with Crippen molar-refractivity contribution < 1.29 is 5.11 Å². The smallest absolute Gasteiger partial charge is 0.132 e. The zero-order valence-electron chi connectivity index (χ0n) is 11.5. The van der Waals surface area contributed by atoms with E-state index in [-0.39, 0.29) is 0 Å². The van der Waals surface area contributed by atoms with Gasteiger partial charge in [0.2, 0.25) is 0 Å². The monoisotopic (exact) mass is 237 g/mol. The molecule has 0 amide bonds. The highest BCUT2D eigenvalue weighted by Gasteiger charge is 2.18. The number of likely N-dealkylation sites (N-methyl/N-ethyl adjacent to an activating group) is 1. The third-order valence-corrected chi connectivity index (χ3v) is 2.49. The van der Waals surface area contributed by atoms with Crippen LogP contribution in [0.4, 0.5) is 5.82 Å². The lowest BCUT2D eigenvalue weighted by Gasteiger charge is -2.29. The quantitative estimate of drug-likeness (QED) is 0.850. The fraction of sp³-hybridized carbons (Fsp3) is 0.692. The zero-order valence-corrected chi connectivity index (χ0v) is 11.5. The van der Waals surface area contributed by atoms with Gasteiger partial charge in [0, 0.05) is 31.3 Å². The van der Waals surface area contributed by atoms with Gasteiger partial charge in [-0.25, -0.2) is 9.97 Å². The van der Waals surface area contributed by atoms with Gasteiger partial charge < -0.3 is 10.0 Å². The van der Waals surface area contributed by atoms with Gasteiger partial charge in [0.25, 0.3) is 0 Å². The van der Waals surface area contributed by atoms with E-state index in [4.69, 9.17) is 0 Å². The van der Waals surface area contributed by atoms with E-state index < -0.39 is 5.60 Å². The van der Waals surface area contributed by atoms with Crippen LogP contribution < -0.4 is 4.90 Å². The largest absolute Gasteiger partial charge is 0.389 e. The van der Waals surface area contributed by atoms with E-state index in [2.05, 4.69) is 21.8 Å². The first-order valence-corrected chi connectivity index (χ1v) is 6.17. The van der Waals surface area contributed by atoms with Crippen LogP contribution in [0, 0.1) is 6.92 Å². The predicted molar refractivity (Wildman–Crippen MR) is 70.3 cm³/mol. The number of aryl methyl sites for hydroxylation is 2. The first-order chi connectivity index (χ1) is 7.85. The molecule has 0 unspecified atom stereocenters. The molecule has 0 fully saturated rings. The molecule has 0 spiro atoms. The normalized spacial score (nSPS) is 11.6. The van der Waals surface area contributed by atoms with Gasteiger partial charge in [-0.1, -0.05) is 6.92 Å². The molecule has 0 aromatic carbocycles. The van der Waals surface area contributed by atoms with Gasteiger partial charge in [-0.05, 0) is 27.7 Å². The van der Waals surface area contributed by atoms with E-state index in [0.29, 0.717) is 6.54 Å². The summed E-state index contributed by atoms with van der Waals surface area (Å²) in [6, 6.07) is 1.97. The van der Waals surface area contributed by atoms with Crippen LogP contribution in [0.5, 0.6) is 0 Å². The molecule has 0 aliphatic carbocycles. The number of hydrogen-bond acceptors (Lipinski definition) is 4. The minimum absolute atomic E-state index is 0.573. The lowest BCUT2D eigenvalue weighted by atomic mass is 10.1. The first-order valence-electron chi connectivity index (χ1n) is 6.17. The Labute approximate surface area is 104 Å². The van der Waals surface area contributed by atoms with Crippen molar-refractivity contribution in [2.24, 2.45) is 0 Å². The Morgan fingerprint density at radius 1 is 1.29 bits per heavy atom.